The van der Waals surface area contributed by atoms with E-state index in [1.165, 1.54) is 19.0 Å². The molecular weight excluding hydrogens is 364 g/mol. The Balaban J connectivity index is 1.96. The van der Waals surface area contributed by atoms with E-state index in [0.29, 0.717) is 6.54 Å². The first-order chi connectivity index (χ1) is 13.4. The molecule has 0 spiro atoms. The summed E-state index contributed by atoms with van der Waals surface area (Å²) in [5.41, 5.74) is 1.42. The highest BCUT2D eigenvalue weighted by atomic mass is 16.5. The number of aryl methyl sites for hydroxylation is 2. The first-order valence-electron chi connectivity index (χ1n) is 9.17. The van der Waals surface area contributed by atoms with Crippen LogP contribution in [0.5, 0.6) is 0 Å². The van der Waals surface area contributed by atoms with Crippen molar-refractivity contribution in [3.8, 4) is 0 Å². The monoisotopic (exact) mass is 390 g/mol. The number of fused-ring (bicyclic) bond motifs is 1. The molecule has 9 heteroatoms. The summed E-state index contributed by atoms with van der Waals surface area (Å²) in [4.78, 5) is 49.0. The molecule has 0 radical (unpaired) electrons. The third kappa shape index (κ3) is 4.99. The second kappa shape index (κ2) is 9.72. The summed E-state index contributed by atoms with van der Waals surface area (Å²) in [6.07, 6.45) is 0.786. The largest absolute Gasteiger partial charge is 0.456 e. The highest BCUT2D eigenvalue weighted by Crippen LogP contribution is 2.13. The molecule has 1 N–H and O–H groups in total. The minimum absolute atomic E-state index is 0.0352. The number of para-hydroxylation sites is 2. The van der Waals surface area contributed by atoms with E-state index in [2.05, 4.69) is 5.32 Å². The van der Waals surface area contributed by atoms with E-state index >= 15 is 0 Å². The van der Waals surface area contributed by atoms with Crippen molar-refractivity contribution < 1.29 is 19.1 Å². The van der Waals surface area contributed by atoms with Crippen molar-refractivity contribution in [1.29, 1.82) is 0 Å². The summed E-state index contributed by atoms with van der Waals surface area (Å²) < 4.78 is 8.22. The summed E-state index contributed by atoms with van der Waals surface area (Å²) in [6, 6.07) is 7.43. The fourth-order valence-electron chi connectivity index (χ4n) is 2.84. The second-order valence-corrected chi connectivity index (χ2v) is 6.41. The van der Waals surface area contributed by atoms with Crippen LogP contribution in [0.3, 0.4) is 0 Å². The van der Waals surface area contributed by atoms with Crippen molar-refractivity contribution in [2.75, 3.05) is 27.2 Å². The third-order valence-corrected chi connectivity index (χ3v) is 4.35. The SMILES string of the molecule is CCCn1c(=O)n(CCC(=O)OCC(=O)N(C)CC(=O)NC)c2ccccc21. The number of amides is 2. The molecule has 1 aromatic heterocycles. The Morgan fingerprint density at radius 3 is 2.29 bits per heavy atom. The molecule has 28 heavy (non-hydrogen) atoms. The molecule has 0 unspecified atom stereocenters. The maximum atomic E-state index is 12.7. The lowest BCUT2D eigenvalue weighted by atomic mass is 10.3. The van der Waals surface area contributed by atoms with Gasteiger partial charge in [-0.15, -0.1) is 0 Å². The van der Waals surface area contributed by atoms with Gasteiger partial charge in [-0.3, -0.25) is 23.5 Å². The number of esters is 1. The van der Waals surface area contributed by atoms with Gasteiger partial charge in [0.2, 0.25) is 5.91 Å². The summed E-state index contributed by atoms with van der Waals surface area (Å²) in [6.45, 7) is 2.20. The van der Waals surface area contributed by atoms with Crippen molar-refractivity contribution in [2.24, 2.45) is 0 Å². The molecule has 0 atom stereocenters. The maximum absolute atomic E-state index is 12.7. The summed E-state index contributed by atoms with van der Waals surface area (Å²) >= 11 is 0. The molecule has 1 aromatic carbocycles. The van der Waals surface area contributed by atoms with Gasteiger partial charge in [-0.2, -0.15) is 0 Å². The lowest BCUT2D eigenvalue weighted by Crippen LogP contribution is -2.39. The van der Waals surface area contributed by atoms with Gasteiger partial charge in [-0.05, 0) is 18.6 Å². The molecule has 0 saturated heterocycles. The van der Waals surface area contributed by atoms with Crippen LogP contribution in [-0.2, 0) is 32.2 Å². The standard InChI is InChI=1S/C19H26N4O5/c1-4-10-22-14-7-5-6-8-15(14)23(19(22)27)11-9-18(26)28-13-17(25)21(3)12-16(24)20-2/h5-8H,4,9-13H2,1-3H3,(H,20,24). The number of aromatic nitrogens is 2. The first-order valence-corrected chi connectivity index (χ1v) is 9.17. The molecule has 0 aliphatic rings. The summed E-state index contributed by atoms with van der Waals surface area (Å²) in [7, 11) is 2.92. The number of benzene rings is 1. The normalized spacial score (nSPS) is 10.7. The number of hydrogen-bond donors (Lipinski definition) is 1. The Hall–Kier alpha value is -3.10. The van der Waals surface area contributed by atoms with E-state index in [4.69, 9.17) is 4.74 Å². The van der Waals surface area contributed by atoms with Crippen molar-refractivity contribution in [3.05, 3.63) is 34.7 Å². The predicted octanol–water partition coefficient (Wildman–Crippen LogP) is 0.351. The van der Waals surface area contributed by atoms with Crippen molar-refractivity contribution >= 4 is 28.8 Å². The van der Waals surface area contributed by atoms with Crippen LogP contribution in [0.25, 0.3) is 11.0 Å². The molecule has 0 fully saturated rings. The zero-order chi connectivity index (χ0) is 20.7. The van der Waals surface area contributed by atoms with E-state index in [1.807, 2.05) is 31.2 Å². The minimum Gasteiger partial charge on any atom is -0.456 e. The van der Waals surface area contributed by atoms with Crippen LogP contribution in [-0.4, -0.2) is 59.1 Å². The zero-order valence-electron chi connectivity index (χ0n) is 16.4. The van der Waals surface area contributed by atoms with Crippen LogP contribution in [0.2, 0.25) is 0 Å². The Labute approximate surface area is 162 Å². The van der Waals surface area contributed by atoms with Gasteiger partial charge >= 0.3 is 11.7 Å². The van der Waals surface area contributed by atoms with E-state index in [-0.39, 0.29) is 31.1 Å². The van der Waals surface area contributed by atoms with Gasteiger partial charge in [0.25, 0.3) is 5.91 Å². The molecule has 0 aliphatic carbocycles. The number of hydrogen-bond acceptors (Lipinski definition) is 5. The smallest absolute Gasteiger partial charge is 0.329 e. The maximum Gasteiger partial charge on any atom is 0.329 e. The molecule has 0 saturated carbocycles. The zero-order valence-corrected chi connectivity index (χ0v) is 16.4. The molecule has 9 nitrogen and oxygen atoms in total. The van der Waals surface area contributed by atoms with Crippen LogP contribution in [0, 0.1) is 0 Å². The van der Waals surface area contributed by atoms with Gasteiger partial charge in [0, 0.05) is 27.2 Å². The van der Waals surface area contributed by atoms with E-state index in [0.717, 1.165) is 17.5 Å². The molecule has 2 amide bonds. The van der Waals surface area contributed by atoms with Gasteiger partial charge in [-0.25, -0.2) is 4.79 Å². The van der Waals surface area contributed by atoms with Gasteiger partial charge in [-0.1, -0.05) is 19.1 Å². The number of ether oxygens (including phenoxy) is 1. The number of nitrogens with one attached hydrogen (secondary N) is 1. The summed E-state index contributed by atoms with van der Waals surface area (Å²) in [5.74, 6) is -1.38. The highest BCUT2D eigenvalue weighted by molar-refractivity contribution is 5.86. The first kappa shape index (κ1) is 21.2. The minimum atomic E-state index is -0.582. The Kier molecular flexibility index (Phi) is 7.36. The molecule has 0 aliphatic heterocycles. The van der Waals surface area contributed by atoms with Crippen LogP contribution < -0.4 is 11.0 Å². The van der Waals surface area contributed by atoms with Crippen LogP contribution in [0.15, 0.2) is 29.1 Å². The van der Waals surface area contributed by atoms with Gasteiger partial charge in [0.15, 0.2) is 6.61 Å². The molecular formula is C19H26N4O5. The lowest BCUT2D eigenvalue weighted by molar-refractivity contribution is -0.152. The number of imidazole rings is 1. The number of carbonyl (C=O) groups excluding carboxylic acids is 3. The third-order valence-electron chi connectivity index (χ3n) is 4.35. The Bertz CT molecular complexity index is 915. The number of nitrogens with zero attached hydrogens (tertiary/aromatic N) is 3. The van der Waals surface area contributed by atoms with Crippen LogP contribution in [0.4, 0.5) is 0 Å². The fourth-order valence-corrected chi connectivity index (χ4v) is 2.84. The van der Waals surface area contributed by atoms with Gasteiger partial charge in [0.05, 0.1) is 24.0 Å². The lowest BCUT2D eigenvalue weighted by Gasteiger charge is -2.15. The van der Waals surface area contributed by atoms with E-state index < -0.39 is 18.5 Å². The van der Waals surface area contributed by atoms with Gasteiger partial charge < -0.3 is 15.0 Å². The molecule has 152 valence electrons. The van der Waals surface area contributed by atoms with Crippen molar-refractivity contribution in [1.82, 2.24) is 19.4 Å². The topological polar surface area (TPSA) is 103 Å². The predicted molar refractivity (Wildman–Crippen MR) is 104 cm³/mol. The highest BCUT2D eigenvalue weighted by Gasteiger charge is 2.16. The summed E-state index contributed by atoms with van der Waals surface area (Å²) in [5, 5.41) is 2.41. The molecule has 2 aromatic rings. The number of likely N-dealkylation sites (N-methyl/N-ethyl adjacent to an activating group) is 2. The van der Waals surface area contributed by atoms with Crippen molar-refractivity contribution in [2.45, 2.75) is 32.9 Å². The number of carbonyl (C=O) groups is 3. The molecule has 2 rings (SSSR count). The van der Waals surface area contributed by atoms with Crippen LogP contribution >= 0.6 is 0 Å². The number of rotatable bonds is 9. The Morgan fingerprint density at radius 1 is 1.11 bits per heavy atom. The van der Waals surface area contributed by atoms with Crippen LogP contribution in [0.1, 0.15) is 19.8 Å². The van der Waals surface area contributed by atoms with Gasteiger partial charge in [0.1, 0.15) is 0 Å². The molecule has 1 heterocycles. The molecule has 0 bridgehead atoms. The second-order valence-electron chi connectivity index (χ2n) is 6.41. The quantitative estimate of drug-likeness (QED) is 0.623. The van der Waals surface area contributed by atoms with E-state index in [1.54, 1.807) is 9.13 Å². The Morgan fingerprint density at radius 2 is 1.71 bits per heavy atom. The average molecular weight is 390 g/mol. The van der Waals surface area contributed by atoms with Crippen molar-refractivity contribution in [3.63, 3.8) is 0 Å². The fraction of sp³-hybridized carbons (Fsp3) is 0.474. The van der Waals surface area contributed by atoms with E-state index in [9.17, 15) is 19.2 Å². The average Bonchev–Trinajstić information content (AvgIpc) is 2.96.